The third kappa shape index (κ3) is 4.04. The van der Waals surface area contributed by atoms with Gasteiger partial charge in [0, 0.05) is 29.8 Å². The second-order valence-corrected chi connectivity index (χ2v) is 9.25. The molecule has 5 rings (SSSR count). The molecular formula is C23H24ClN5OS. The number of halogens is 1. The van der Waals surface area contributed by atoms with Crippen molar-refractivity contribution < 1.29 is 4.42 Å². The maximum absolute atomic E-state index is 6.57. The Hall–Kier alpha value is -2.51. The molecule has 1 aromatic carbocycles. The molecule has 1 aliphatic heterocycles. The van der Waals surface area contributed by atoms with E-state index in [0.717, 1.165) is 46.4 Å². The first kappa shape index (κ1) is 20.4. The number of aryl methyl sites for hydroxylation is 2. The van der Waals surface area contributed by atoms with Gasteiger partial charge in [-0.05, 0) is 56.0 Å². The predicted octanol–water partition coefficient (Wildman–Crippen LogP) is 5.63. The van der Waals surface area contributed by atoms with E-state index >= 15 is 0 Å². The molecule has 8 heteroatoms. The molecule has 0 amide bonds. The van der Waals surface area contributed by atoms with Crippen molar-refractivity contribution >= 4 is 40.2 Å². The first-order valence-electron chi connectivity index (χ1n) is 10.5. The zero-order chi connectivity index (χ0) is 21.4. The van der Waals surface area contributed by atoms with Crippen LogP contribution < -0.4 is 4.90 Å². The van der Waals surface area contributed by atoms with Crippen LogP contribution in [0.15, 0.2) is 46.2 Å². The smallest absolute Gasteiger partial charge is 0.228 e. The quantitative estimate of drug-likeness (QED) is 0.278. The molecule has 4 heterocycles. The fraction of sp³-hybridized carbons (Fsp3) is 0.348. The summed E-state index contributed by atoms with van der Waals surface area (Å²) in [7, 11) is 0. The molecule has 0 atom stereocenters. The molecule has 6 nitrogen and oxygen atoms in total. The molecule has 0 spiro atoms. The topological polar surface area (TPSA) is 60.0 Å². The third-order valence-electron chi connectivity index (χ3n) is 5.87. The molecule has 31 heavy (non-hydrogen) atoms. The minimum absolute atomic E-state index is 0.547. The van der Waals surface area contributed by atoms with Gasteiger partial charge in [-0.1, -0.05) is 35.5 Å². The highest BCUT2D eigenvalue weighted by molar-refractivity contribution is 7.98. The number of benzene rings is 1. The standard InChI is InChI=1S/C23H24ClN5OS/c1-15-7-8-17-12-18(21(24)25-20(17)16(15)2)14-31-23-27-26-22(28-9-3-4-10-28)29(23)13-19-6-5-11-30-19/h5-8,11-12H,3-4,9-10,13-14H2,1-2H3. The largest absolute Gasteiger partial charge is 0.467 e. The summed E-state index contributed by atoms with van der Waals surface area (Å²) in [6, 6.07) is 10.3. The number of nitrogens with zero attached hydrogens (tertiary/aromatic N) is 5. The van der Waals surface area contributed by atoms with Crippen molar-refractivity contribution in [2.45, 2.75) is 44.1 Å². The zero-order valence-electron chi connectivity index (χ0n) is 17.6. The van der Waals surface area contributed by atoms with Gasteiger partial charge in [0.05, 0.1) is 18.3 Å². The summed E-state index contributed by atoms with van der Waals surface area (Å²) in [6.45, 7) is 6.82. The molecule has 4 aromatic rings. The van der Waals surface area contributed by atoms with Crippen LogP contribution in [0.4, 0.5) is 5.95 Å². The highest BCUT2D eigenvalue weighted by Crippen LogP contribution is 2.31. The number of aromatic nitrogens is 4. The van der Waals surface area contributed by atoms with E-state index in [4.69, 9.17) is 16.0 Å². The predicted molar refractivity (Wildman–Crippen MR) is 125 cm³/mol. The van der Waals surface area contributed by atoms with E-state index in [-0.39, 0.29) is 0 Å². The number of pyridine rings is 1. The normalized spacial score (nSPS) is 14.1. The Labute approximate surface area is 190 Å². The molecule has 0 aliphatic carbocycles. The van der Waals surface area contributed by atoms with E-state index in [1.54, 1.807) is 18.0 Å². The summed E-state index contributed by atoms with van der Waals surface area (Å²) in [4.78, 5) is 6.99. The van der Waals surface area contributed by atoms with Gasteiger partial charge in [0.2, 0.25) is 5.95 Å². The molecule has 0 bridgehead atoms. The average Bonchev–Trinajstić information content (AvgIpc) is 3.53. The van der Waals surface area contributed by atoms with Gasteiger partial charge < -0.3 is 9.32 Å². The Balaban J connectivity index is 1.43. The summed E-state index contributed by atoms with van der Waals surface area (Å²) < 4.78 is 7.74. The summed E-state index contributed by atoms with van der Waals surface area (Å²) in [6.07, 6.45) is 4.08. The van der Waals surface area contributed by atoms with Gasteiger partial charge in [0.1, 0.15) is 10.9 Å². The van der Waals surface area contributed by atoms with Gasteiger partial charge in [0.15, 0.2) is 5.16 Å². The first-order chi connectivity index (χ1) is 15.1. The van der Waals surface area contributed by atoms with Crippen molar-refractivity contribution in [3.05, 3.63) is 64.2 Å². The number of fused-ring (bicyclic) bond motifs is 1. The maximum atomic E-state index is 6.57. The molecule has 0 unspecified atom stereocenters. The lowest BCUT2D eigenvalue weighted by molar-refractivity contribution is 0.483. The van der Waals surface area contributed by atoms with Crippen LogP contribution in [-0.4, -0.2) is 32.8 Å². The van der Waals surface area contributed by atoms with E-state index < -0.39 is 0 Å². The summed E-state index contributed by atoms with van der Waals surface area (Å²) in [5.41, 5.74) is 4.36. The summed E-state index contributed by atoms with van der Waals surface area (Å²) in [5, 5.41) is 11.5. The van der Waals surface area contributed by atoms with Crippen molar-refractivity contribution in [2.24, 2.45) is 0 Å². The number of rotatable bonds is 6. The fourth-order valence-corrected chi connectivity index (χ4v) is 5.17. The van der Waals surface area contributed by atoms with Crippen LogP contribution in [0.2, 0.25) is 5.15 Å². The monoisotopic (exact) mass is 453 g/mol. The van der Waals surface area contributed by atoms with Crippen LogP contribution >= 0.6 is 23.4 Å². The number of thioether (sulfide) groups is 1. The Morgan fingerprint density at radius 2 is 1.97 bits per heavy atom. The van der Waals surface area contributed by atoms with Gasteiger partial charge in [-0.15, -0.1) is 10.2 Å². The van der Waals surface area contributed by atoms with E-state index in [2.05, 4.69) is 56.7 Å². The molecule has 0 saturated carbocycles. The highest BCUT2D eigenvalue weighted by Gasteiger charge is 2.22. The molecule has 160 valence electrons. The van der Waals surface area contributed by atoms with E-state index in [9.17, 15) is 0 Å². The van der Waals surface area contributed by atoms with E-state index in [0.29, 0.717) is 17.5 Å². The molecule has 3 aromatic heterocycles. The fourth-order valence-electron chi connectivity index (χ4n) is 3.98. The molecule has 1 aliphatic rings. The summed E-state index contributed by atoms with van der Waals surface area (Å²) >= 11 is 8.20. The van der Waals surface area contributed by atoms with E-state index in [1.807, 2.05) is 12.1 Å². The molecule has 1 saturated heterocycles. The minimum atomic E-state index is 0.547. The first-order valence-corrected chi connectivity index (χ1v) is 11.8. The number of hydrogen-bond acceptors (Lipinski definition) is 6. The van der Waals surface area contributed by atoms with Crippen molar-refractivity contribution in [2.75, 3.05) is 18.0 Å². The van der Waals surface area contributed by atoms with Gasteiger partial charge in [-0.25, -0.2) is 4.98 Å². The van der Waals surface area contributed by atoms with Crippen LogP contribution in [0, 0.1) is 13.8 Å². The van der Waals surface area contributed by atoms with Gasteiger partial charge in [-0.3, -0.25) is 4.57 Å². The molecule has 1 fully saturated rings. The lowest BCUT2D eigenvalue weighted by Gasteiger charge is -2.17. The molecular weight excluding hydrogens is 430 g/mol. The van der Waals surface area contributed by atoms with Gasteiger partial charge >= 0.3 is 0 Å². The highest BCUT2D eigenvalue weighted by atomic mass is 35.5. The van der Waals surface area contributed by atoms with Crippen molar-refractivity contribution in [1.82, 2.24) is 19.7 Å². The van der Waals surface area contributed by atoms with Crippen LogP contribution in [0.5, 0.6) is 0 Å². The Morgan fingerprint density at radius 3 is 2.74 bits per heavy atom. The maximum Gasteiger partial charge on any atom is 0.228 e. The second kappa shape index (κ2) is 8.55. The number of hydrogen-bond donors (Lipinski definition) is 0. The van der Waals surface area contributed by atoms with Crippen molar-refractivity contribution in [3.8, 4) is 0 Å². The van der Waals surface area contributed by atoms with E-state index in [1.165, 1.54) is 24.0 Å². The minimum Gasteiger partial charge on any atom is -0.467 e. The Bertz CT molecular complexity index is 1210. The van der Waals surface area contributed by atoms with Crippen LogP contribution in [-0.2, 0) is 12.3 Å². The third-order valence-corrected chi connectivity index (χ3v) is 7.22. The van der Waals surface area contributed by atoms with Gasteiger partial charge in [0.25, 0.3) is 0 Å². The Morgan fingerprint density at radius 1 is 1.13 bits per heavy atom. The molecule has 0 radical (unpaired) electrons. The lowest BCUT2D eigenvalue weighted by atomic mass is 10.0. The average molecular weight is 454 g/mol. The van der Waals surface area contributed by atoms with Crippen molar-refractivity contribution in [3.63, 3.8) is 0 Å². The molecule has 0 N–H and O–H groups in total. The zero-order valence-corrected chi connectivity index (χ0v) is 19.2. The van der Waals surface area contributed by atoms with Crippen molar-refractivity contribution in [1.29, 1.82) is 0 Å². The Kier molecular flexibility index (Phi) is 5.63. The van der Waals surface area contributed by atoms with Crippen LogP contribution in [0.1, 0.15) is 35.3 Å². The van der Waals surface area contributed by atoms with Crippen LogP contribution in [0.3, 0.4) is 0 Å². The number of furan rings is 1. The van der Waals surface area contributed by atoms with Crippen LogP contribution in [0.25, 0.3) is 10.9 Å². The SMILES string of the molecule is Cc1ccc2cc(CSc3nnc(N4CCCC4)n3Cc3ccco3)c(Cl)nc2c1C. The van der Waals surface area contributed by atoms with Gasteiger partial charge in [-0.2, -0.15) is 0 Å². The number of anilines is 1. The summed E-state index contributed by atoms with van der Waals surface area (Å²) in [5.74, 6) is 2.47. The second-order valence-electron chi connectivity index (χ2n) is 7.95. The lowest BCUT2D eigenvalue weighted by Crippen LogP contribution is -2.22.